The highest BCUT2D eigenvalue weighted by molar-refractivity contribution is 5.83. The van der Waals surface area contributed by atoms with E-state index in [0.717, 1.165) is 5.56 Å². The molecule has 0 saturated heterocycles. The Morgan fingerprint density at radius 2 is 1.30 bits per heavy atom. The van der Waals surface area contributed by atoms with Crippen molar-refractivity contribution in [2.24, 2.45) is 0 Å². The third-order valence-corrected chi connectivity index (χ3v) is 2.92. The van der Waals surface area contributed by atoms with Gasteiger partial charge in [-0.3, -0.25) is 0 Å². The fourth-order valence-corrected chi connectivity index (χ4v) is 1.82. The first-order valence-electron chi connectivity index (χ1n) is 6.47. The number of ether oxygens (including phenoxy) is 1. The average Bonchev–Trinajstić information content (AvgIpc) is 2.48. The largest absolute Gasteiger partial charge is 0.494 e. The summed E-state index contributed by atoms with van der Waals surface area (Å²) in [6, 6.07) is 12.9. The van der Waals surface area contributed by atoms with Gasteiger partial charge in [0.25, 0.3) is 0 Å². The highest BCUT2D eigenvalue weighted by Gasteiger charge is 2.11. The van der Waals surface area contributed by atoms with Crippen molar-refractivity contribution in [3.05, 3.63) is 65.2 Å². The first-order chi connectivity index (χ1) is 9.61. The minimum Gasteiger partial charge on any atom is -0.494 e. The monoisotopic (exact) mass is 274 g/mol. The van der Waals surface area contributed by atoms with Crippen molar-refractivity contribution in [1.82, 2.24) is 0 Å². The fraction of sp³-hybridized carbons (Fsp3) is 0.176. The molecular formula is C17H16F2O. The molecule has 2 aromatic rings. The quantitative estimate of drug-likeness (QED) is 0.700. The van der Waals surface area contributed by atoms with Gasteiger partial charge in [-0.1, -0.05) is 29.8 Å². The number of rotatable bonds is 4. The Balaban J connectivity index is 2.30. The number of hydrogen-bond donors (Lipinski definition) is 0. The molecule has 0 aromatic heterocycles. The van der Waals surface area contributed by atoms with Crippen LogP contribution in [0.2, 0.25) is 0 Å². The second kappa shape index (κ2) is 6.33. The number of hydrogen-bond acceptors (Lipinski definition) is 1. The molecular weight excluding hydrogens is 258 g/mol. The molecule has 1 nitrogen and oxygen atoms in total. The third-order valence-electron chi connectivity index (χ3n) is 2.92. The summed E-state index contributed by atoms with van der Waals surface area (Å²) in [6.07, 6.45) is 0. The van der Waals surface area contributed by atoms with Gasteiger partial charge in [-0.25, -0.2) is 8.78 Å². The normalized spacial score (nSPS) is 12.0. The van der Waals surface area contributed by atoms with Crippen molar-refractivity contribution in [2.75, 3.05) is 6.61 Å². The SMILES string of the molecule is CCOc1ccc(/C(F)=C(\F)c2ccc(C)cc2)cc1. The van der Waals surface area contributed by atoms with E-state index in [1.54, 1.807) is 36.4 Å². The number of aryl methyl sites for hydroxylation is 1. The fourth-order valence-electron chi connectivity index (χ4n) is 1.82. The molecule has 0 aliphatic heterocycles. The van der Waals surface area contributed by atoms with Crippen molar-refractivity contribution in [1.29, 1.82) is 0 Å². The van der Waals surface area contributed by atoms with Gasteiger partial charge in [0.05, 0.1) is 6.61 Å². The zero-order valence-corrected chi connectivity index (χ0v) is 11.5. The summed E-state index contributed by atoms with van der Waals surface area (Å²) < 4.78 is 33.4. The van der Waals surface area contributed by atoms with E-state index in [1.165, 1.54) is 12.1 Å². The van der Waals surface area contributed by atoms with Crippen molar-refractivity contribution < 1.29 is 13.5 Å². The Bertz CT molecular complexity index is 598. The summed E-state index contributed by atoms with van der Waals surface area (Å²) >= 11 is 0. The zero-order chi connectivity index (χ0) is 14.5. The minimum absolute atomic E-state index is 0.200. The first kappa shape index (κ1) is 14.3. The Morgan fingerprint density at radius 1 is 0.850 bits per heavy atom. The van der Waals surface area contributed by atoms with Gasteiger partial charge in [-0.2, -0.15) is 0 Å². The molecule has 20 heavy (non-hydrogen) atoms. The van der Waals surface area contributed by atoms with E-state index in [0.29, 0.717) is 12.4 Å². The van der Waals surface area contributed by atoms with Crippen LogP contribution in [0.3, 0.4) is 0 Å². The zero-order valence-electron chi connectivity index (χ0n) is 11.5. The van der Waals surface area contributed by atoms with Gasteiger partial charge in [0.1, 0.15) is 5.75 Å². The molecule has 0 heterocycles. The predicted molar refractivity (Wildman–Crippen MR) is 77.8 cm³/mol. The summed E-state index contributed by atoms with van der Waals surface area (Å²) in [4.78, 5) is 0. The van der Waals surface area contributed by atoms with E-state index in [-0.39, 0.29) is 11.1 Å². The van der Waals surface area contributed by atoms with Gasteiger partial charge in [-0.05, 0) is 38.1 Å². The Hall–Kier alpha value is -2.16. The lowest BCUT2D eigenvalue weighted by Gasteiger charge is -2.05. The maximum Gasteiger partial charge on any atom is 0.166 e. The molecule has 2 aromatic carbocycles. The van der Waals surface area contributed by atoms with Crippen LogP contribution in [0.4, 0.5) is 8.78 Å². The van der Waals surface area contributed by atoms with Crippen LogP contribution >= 0.6 is 0 Å². The lowest BCUT2D eigenvalue weighted by molar-refractivity contribution is 0.340. The van der Waals surface area contributed by atoms with Gasteiger partial charge in [0.15, 0.2) is 11.7 Å². The van der Waals surface area contributed by atoms with Gasteiger partial charge in [0.2, 0.25) is 0 Å². The van der Waals surface area contributed by atoms with Crippen LogP contribution in [0.1, 0.15) is 23.6 Å². The molecule has 0 fully saturated rings. The van der Waals surface area contributed by atoms with E-state index in [4.69, 9.17) is 4.74 Å². The number of benzene rings is 2. The van der Waals surface area contributed by atoms with Crippen molar-refractivity contribution in [3.8, 4) is 5.75 Å². The Kier molecular flexibility index (Phi) is 4.51. The summed E-state index contributed by atoms with van der Waals surface area (Å²) in [5, 5.41) is 0. The van der Waals surface area contributed by atoms with Crippen LogP contribution in [-0.4, -0.2) is 6.61 Å². The highest BCUT2D eigenvalue weighted by atomic mass is 19.2. The van der Waals surface area contributed by atoms with Crippen LogP contribution < -0.4 is 4.74 Å². The smallest absolute Gasteiger partial charge is 0.166 e. The molecule has 0 spiro atoms. The van der Waals surface area contributed by atoms with Crippen LogP contribution in [0.5, 0.6) is 5.75 Å². The molecule has 0 atom stereocenters. The van der Waals surface area contributed by atoms with E-state index in [2.05, 4.69) is 0 Å². The first-order valence-corrected chi connectivity index (χ1v) is 6.47. The highest BCUT2D eigenvalue weighted by Crippen LogP contribution is 2.29. The lowest BCUT2D eigenvalue weighted by Crippen LogP contribution is -1.91. The Morgan fingerprint density at radius 3 is 1.75 bits per heavy atom. The van der Waals surface area contributed by atoms with Crippen LogP contribution in [-0.2, 0) is 0 Å². The van der Waals surface area contributed by atoms with E-state index < -0.39 is 11.7 Å². The molecule has 0 aliphatic rings. The number of halogens is 2. The maximum atomic E-state index is 14.1. The van der Waals surface area contributed by atoms with Gasteiger partial charge >= 0.3 is 0 Å². The second-order valence-electron chi connectivity index (χ2n) is 4.45. The standard InChI is InChI=1S/C17H16F2O/c1-3-20-15-10-8-14(9-11-15)17(19)16(18)13-6-4-12(2)5-7-13/h4-11H,3H2,1-2H3/b17-16+. The molecule has 0 radical (unpaired) electrons. The van der Waals surface area contributed by atoms with Crippen molar-refractivity contribution in [3.63, 3.8) is 0 Å². The summed E-state index contributed by atoms with van der Waals surface area (Å²) in [6.45, 7) is 4.30. The van der Waals surface area contributed by atoms with E-state index in [9.17, 15) is 8.78 Å². The van der Waals surface area contributed by atoms with E-state index >= 15 is 0 Å². The predicted octanol–water partition coefficient (Wildman–Crippen LogP) is 5.16. The minimum atomic E-state index is -0.864. The molecule has 104 valence electrons. The van der Waals surface area contributed by atoms with Crippen LogP contribution in [0.25, 0.3) is 11.7 Å². The molecule has 2 rings (SSSR count). The topological polar surface area (TPSA) is 9.23 Å². The Labute approximate surface area is 117 Å². The summed E-state index contributed by atoms with van der Waals surface area (Å²) in [5.41, 5.74) is 1.44. The molecule has 0 aliphatic carbocycles. The summed E-state index contributed by atoms with van der Waals surface area (Å²) in [5.74, 6) is -1.08. The van der Waals surface area contributed by atoms with Gasteiger partial charge in [0, 0.05) is 11.1 Å². The van der Waals surface area contributed by atoms with Crippen molar-refractivity contribution >= 4 is 11.7 Å². The molecule has 0 amide bonds. The van der Waals surface area contributed by atoms with E-state index in [1.807, 2.05) is 13.8 Å². The molecule has 0 saturated carbocycles. The lowest BCUT2D eigenvalue weighted by atomic mass is 10.1. The average molecular weight is 274 g/mol. The molecule has 0 unspecified atom stereocenters. The summed E-state index contributed by atoms with van der Waals surface area (Å²) in [7, 11) is 0. The maximum absolute atomic E-state index is 14.1. The van der Waals surface area contributed by atoms with Crippen LogP contribution in [0.15, 0.2) is 48.5 Å². The molecule has 0 bridgehead atoms. The van der Waals surface area contributed by atoms with Gasteiger partial charge in [-0.15, -0.1) is 0 Å². The van der Waals surface area contributed by atoms with Crippen molar-refractivity contribution in [2.45, 2.75) is 13.8 Å². The molecule has 3 heteroatoms. The van der Waals surface area contributed by atoms with Crippen LogP contribution in [0, 0.1) is 6.92 Å². The molecule has 0 N–H and O–H groups in total. The third kappa shape index (κ3) is 3.23. The second-order valence-corrected chi connectivity index (χ2v) is 4.45. The van der Waals surface area contributed by atoms with Gasteiger partial charge < -0.3 is 4.74 Å².